The standard InChI is InChI=1S/C12H15ClF2N2O3/c1-7-8(13)6-9(14)11(10(7)15)17-12(19)16-2-4-20-5-3-18/h6,18H,2-5H2,1H3,(H2,16,17,19). The van der Waals surface area contributed by atoms with Crippen LogP contribution in [0.4, 0.5) is 19.3 Å². The summed E-state index contributed by atoms with van der Waals surface area (Å²) in [5, 5.41) is 12.8. The van der Waals surface area contributed by atoms with Crippen molar-refractivity contribution in [2.75, 3.05) is 31.7 Å². The quantitative estimate of drug-likeness (QED) is 0.705. The van der Waals surface area contributed by atoms with Gasteiger partial charge in [0.05, 0.1) is 19.8 Å². The fourth-order valence-electron chi connectivity index (χ4n) is 1.36. The molecule has 0 heterocycles. The van der Waals surface area contributed by atoms with E-state index in [9.17, 15) is 13.6 Å². The first kappa shape index (κ1) is 16.6. The van der Waals surface area contributed by atoms with Gasteiger partial charge in [0, 0.05) is 17.1 Å². The lowest BCUT2D eigenvalue weighted by atomic mass is 10.2. The molecule has 0 unspecified atom stereocenters. The van der Waals surface area contributed by atoms with E-state index >= 15 is 0 Å². The van der Waals surface area contributed by atoms with E-state index in [4.69, 9.17) is 21.4 Å². The lowest BCUT2D eigenvalue weighted by Crippen LogP contribution is -2.32. The van der Waals surface area contributed by atoms with Crippen molar-refractivity contribution < 1.29 is 23.4 Å². The van der Waals surface area contributed by atoms with E-state index in [0.717, 1.165) is 6.07 Å². The van der Waals surface area contributed by atoms with Gasteiger partial charge in [0.1, 0.15) is 5.69 Å². The maximum Gasteiger partial charge on any atom is 0.319 e. The van der Waals surface area contributed by atoms with Crippen molar-refractivity contribution in [2.24, 2.45) is 0 Å². The monoisotopic (exact) mass is 308 g/mol. The summed E-state index contributed by atoms with van der Waals surface area (Å²) in [6, 6.07) is 0.164. The summed E-state index contributed by atoms with van der Waals surface area (Å²) in [6.07, 6.45) is 0. The van der Waals surface area contributed by atoms with Crippen LogP contribution in [0.15, 0.2) is 6.07 Å². The van der Waals surface area contributed by atoms with Crippen LogP contribution >= 0.6 is 11.6 Å². The molecule has 1 aromatic carbocycles. The Morgan fingerprint density at radius 2 is 2.15 bits per heavy atom. The minimum atomic E-state index is -0.954. The van der Waals surface area contributed by atoms with Crippen molar-refractivity contribution in [1.82, 2.24) is 5.32 Å². The normalized spacial score (nSPS) is 10.4. The van der Waals surface area contributed by atoms with Crippen LogP contribution < -0.4 is 10.6 Å². The van der Waals surface area contributed by atoms with Crippen LogP contribution in [0.3, 0.4) is 0 Å². The number of hydrogen-bond acceptors (Lipinski definition) is 3. The lowest BCUT2D eigenvalue weighted by molar-refractivity contribution is 0.0950. The van der Waals surface area contributed by atoms with Gasteiger partial charge in [-0.3, -0.25) is 0 Å². The van der Waals surface area contributed by atoms with Crippen molar-refractivity contribution in [3.05, 3.63) is 28.3 Å². The van der Waals surface area contributed by atoms with E-state index in [1.807, 2.05) is 0 Å². The molecule has 1 rings (SSSR count). The van der Waals surface area contributed by atoms with Crippen molar-refractivity contribution in [3.63, 3.8) is 0 Å². The van der Waals surface area contributed by atoms with Crippen LogP contribution in [0.1, 0.15) is 5.56 Å². The van der Waals surface area contributed by atoms with Gasteiger partial charge in [-0.2, -0.15) is 0 Å². The molecule has 0 radical (unpaired) electrons. The molecule has 5 nitrogen and oxygen atoms in total. The van der Waals surface area contributed by atoms with Crippen LogP contribution in [-0.2, 0) is 4.74 Å². The fraction of sp³-hybridized carbons (Fsp3) is 0.417. The predicted octanol–water partition coefficient (Wildman–Crippen LogP) is 2.06. The third-order valence-corrected chi connectivity index (χ3v) is 2.80. The highest BCUT2D eigenvalue weighted by atomic mass is 35.5. The number of carbonyl (C=O) groups is 1. The Morgan fingerprint density at radius 3 is 2.80 bits per heavy atom. The molecule has 0 atom stereocenters. The Morgan fingerprint density at radius 1 is 1.45 bits per heavy atom. The molecule has 0 aromatic heterocycles. The average Bonchev–Trinajstić information content (AvgIpc) is 2.41. The molecule has 0 bridgehead atoms. The summed E-state index contributed by atoms with van der Waals surface area (Å²) >= 11 is 5.61. The molecule has 0 aliphatic carbocycles. The molecule has 8 heteroatoms. The second kappa shape index (κ2) is 7.98. The molecule has 0 aliphatic heterocycles. The number of nitrogens with one attached hydrogen (secondary N) is 2. The molecule has 1 aromatic rings. The minimum Gasteiger partial charge on any atom is -0.394 e. The smallest absolute Gasteiger partial charge is 0.319 e. The van der Waals surface area contributed by atoms with Gasteiger partial charge >= 0.3 is 6.03 Å². The van der Waals surface area contributed by atoms with E-state index in [-0.39, 0.29) is 37.0 Å². The summed E-state index contributed by atoms with van der Waals surface area (Å²) in [6.45, 7) is 1.73. The molecule has 20 heavy (non-hydrogen) atoms. The topological polar surface area (TPSA) is 70.6 Å². The highest BCUT2D eigenvalue weighted by Crippen LogP contribution is 2.27. The summed E-state index contributed by atoms with van der Waals surface area (Å²) in [7, 11) is 0. The van der Waals surface area contributed by atoms with Gasteiger partial charge in [-0.25, -0.2) is 13.6 Å². The van der Waals surface area contributed by atoms with Crippen molar-refractivity contribution in [1.29, 1.82) is 0 Å². The number of rotatable bonds is 6. The Kier molecular flexibility index (Phi) is 6.63. The molecule has 0 spiro atoms. The van der Waals surface area contributed by atoms with Gasteiger partial charge in [-0.15, -0.1) is 0 Å². The van der Waals surface area contributed by atoms with Gasteiger partial charge < -0.3 is 20.5 Å². The molecule has 0 aliphatic rings. The van der Waals surface area contributed by atoms with Gasteiger partial charge in [-0.1, -0.05) is 11.6 Å². The minimum absolute atomic E-state index is 0.0506. The maximum absolute atomic E-state index is 13.8. The number of urea groups is 1. The van der Waals surface area contributed by atoms with E-state index in [1.165, 1.54) is 6.92 Å². The Balaban J connectivity index is 2.56. The summed E-state index contributed by atoms with van der Waals surface area (Å²) in [5.74, 6) is -1.87. The number of ether oxygens (including phenoxy) is 1. The number of carbonyl (C=O) groups excluding carboxylic acids is 1. The number of hydrogen-bond donors (Lipinski definition) is 3. The molecular weight excluding hydrogens is 294 g/mol. The summed E-state index contributed by atoms with van der Waals surface area (Å²) in [5.41, 5.74) is -0.504. The van der Waals surface area contributed by atoms with Crippen LogP contribution in [0, 0.1) is 18.6 Å². The number of aliphatic hydroxyl groups is 1. The average molecular weight is 309 g/mol. The van der Waals surface area contributed by atoms with Crippen LogP contribution in [0.5, 0.6) is 0 Å². The second-order valence-electron chi connectivity index (χ2n) is 3.87. The number of halogens is 3. The highest BCUT2D eigenvalue weighted by Gasteiger charge is 2.16. The zero-order valence-electron chi connectivity index (χ0n) is 10.8. The molecule has 0 fully saturated rings. The van der Waals surface area contributed by atoms with Crippen molar-refractivity contribution >= 4 is 23.3 Å². The summed E-state index contributed by atoms with van der Waals surface area (Å²) < 4.78 is 32.2. The second-order valence-corrected chi connectivity index (χ2v) is 4.28. The van der Waals surface area contributed by atoms with Crippen molar-refractivity contribution in [2.45, 2.75) is 6.92 Å². The van der Waals surface area contributed by atoms with Crippen LogP contribution in [0.2, 0.25) is 5.02 Å². The summed E-state index contributed by atoms with van der Waals surface area (Å²) in [4.78, 5) is 11.5. The molecular formula is C12H15ClF2N2O3. The van der Waals surface area contributed by atoms with Gasteiger partial charge in [-0.05, 0) is 13.0 Å². The van der Waals surface area contributed by atoms with Gasteiger partial charge in [0.25, 0.3) is 0 Å². The predicted molar refractivity (Wildman–Crippen MR) is 71.0 cm³/mol. The molecule has 0 saturated carbocycles. The van der Waals surface area contributed by atoms with E-state index in [1.54, 1.807) is 0 Å². The van der Waals surface area contributed by atoms with E-state index in [0.29, 0.717) is 0 Å². The largest absolute Gasteiger partial charge is 0.394 e. The van der Waals surface area contributed by atoms with Gasteiger partial charge in [0.2, 0.25) is 0 Å². The molecule has 0 saturated heterocycles. The SMILES string of the molecule is Cc1c(Cl)cc(F)c(NC(=O)NCCOCCO)c1F. The number of aliphatic hydroxyl groups excluding tert-OH is 1. The highest BCUT2D eigenvalue weighted by molar-refractivity contribution is 6.31. The Hall–Kier alpha value is -1.44. The van der Waals surface area contributed by atoms with Gasteiger partial charge in [0.15, 0.2) is 11.6 Å². The zero-order valence-corrected chi connectivity index (χ0v) is 11.6. The Labute approximate surface area is 119 Å². The van der Waals surface area contributed by atoms with E-state index < -0.39 is 23.4 Å². The number of benzene rings is 1. The number of anilines is 1. The lowest BCUT2D eigenvalue weighted by Gasteiger charge is -2.11. The third-order valence-electron chi connectivity index (χ3n) is 2.41. The fourth-order valence-corrected chi connectivity index (χ4v) is 1.54. The third kappa shape index (κ3) is 4.59. The molecule has 2 amide bonds. The first-order valence-electron chi connectivity index (χ1n) is 5.85. The number of amides is 2. The maximum atomic E-state index is 13.8. The van der Waals surface area contributed by atoms with Crippen molar-refractivity contribution in [3.8, 4) is 0 Å². The zero-order chi connectivity index (χ0) is 15.1. The van der Waals surface area contributed by atoms with Crippen LogP contribution in [0.25, 0.3) is 0 Å². The Bertz CT molecular complexity index is 486. The van der Waals surface area contributed by atoms with E-state index in [2.05, 4.69) is 10.6 Å². The van der Waals surface area contributed by atoms with Crippen LogP contribution in [-0.4, -0.2) is 37.5 Å². The molecule has 3 N–H and O–H groups in total. The first-order valence-corrected chi connectivity index (χ1v) is 6.22. The molecule has 112 valence electrons. The first-order chi connectivity index (χ1) is 9.47.